The molecule has 0 N–H and O–H groups in total. The van der Waals surface area contributed by atoms with Crippen LogP contribution in [0.3, 0.4) is 0 Å². The third-order valence-corrected chi connectivity index (χ3v) is 4.85. The predicted octanol–water partition coefficient (Wildman–Crippen LogP) is 3.30. The first kappa shape index (κ1) is 13.6. The van der Waals surface area contributed by atoms with Gasteiger partial charge >= 0.3 is 0 Å². The van der Waals surface area contributed by atoms with Gasteiger partial charge in [-0.2, -0.15) is 0 Å². The van der Waals surface area contributed by atoms with Gasteiger partial charge in [0.25, 0.3) is 0 Å². The van der Waals surface area contributed by atoms with E-state index >= 15 is 0 Å². The minimum Gasteiger partial charge on any atom is -0.491 e. The van der Waals surface area contributed by atoms with Gasteiger partial charge < -0.3 is 4.74 Å². The fourth-order valence-electron chi connectivity index (χ4n) is 3.40. The van der Waals surface area contributed by atoms with Gasteiger partial charge in [-0.15, -0.1) is 0 Å². The number of ether oxygens (including phenoxy) is 1. The molecular formula is C16H17ClO3. The first-order valence-electron chi connectivity index (χ1n) is 6.96. The highest BCUT2D eigenvalue weighted by atomic mass is 35.5. The van der Waals surface area contributed by atoms with Gasteiger partial charge in [-0.05, 0) is 36.5 Å². The second kappa shape index (κ2) is 4.88. The van der Waals surface area contributed by atoms with Crippen molar-refractivity contribution in [3.63, 3.8) is 0 Å². The molecule has 4 heteroatoms. The Hall–Kier alpha value is -1.35. The SMILES string of the molecule is Cc1c(C)c(C2CC(=O)CC(=O)C2)c(Cl)c2c1CCO2. The van der Waals surface area contributed by atoms with E-state index in [2.05, 4.69) is 6.92 Å². The first-order chi connectivity index (χ1) is 9.49. The van der Waals surface area contributed by atoms with Gasteiger partial charge in [-0.25, -0.2) is 0 Å². The zero-order chi connectivity index (χ0) is 14.4. The lowest BCUT2D eigenvalue weighted by molar-refractivity contribution is -0.130. The van der Waals surface area contributed by atoms with E-state index in [0.29, 0.717) is 24.5 Å². The molecule has 0 aromatic heterocycles. The minimum atomic E-state index is -0.0931. The van der Waals surface area contributed by atoms with Crippen molar-refractivity contribution < 1.29 is 14.3 Å². The number of hydrogen-bond acceptors (Lipinski definition) is 3. The molecule has 0 spiro atoms. The summed E-state index contributed by atoms with van der Waals surface area (Å²) in [5.41, 5.74) is 4.39. The summed E-state index contributed by atoms with van der Waals surface area (Å²) >= 11 is 6.51. The topological polar surface area (TPSA) is 43.4 Å². The second-order valence-corrected chi connectivity index (χ2v) is 6.12. The normalized spacial score (nSPS) is 19.1. The van der Waals surface area contributed by atoms with Crippen LogP contribution in [0.4, 0.5) is 0 Å². The molecule has 3 nitrogen and oxygen atoms in total. The molecule has 1 aliphatic carbocycles. The summed E-state index contributed by atoms with van der Waals surface area (Å²) in [5.74, 6) is 0.696. The molecule has 1 saturated carbocycles. The van der Waals surface area contributed by atoms with E-state index in [1.165, 1.54) is 11.1 Å². The number of halogens is 1. The number of carbonyl (C=O) groups is 2. The number of rotatable bonds is 1. The smallest absolute Gasteiger partial charge is 0.141 e. The Morgan fingerprint density at radius 3 is 2.40 bits per heavy atom. The van der Waals surface area contributed by atoms with Crippen LogP contribution in [0.2, 0.25) is 5.02 Å². The van der Waals surface area contributed by atoms with Crippen LogP contribution in [0.25, 0.3) is 0 Å². The Balaban J connectivity index is 2.12. The summed E-state index contributed by atoms with van der Waals surface area (Å²) < 4.78 is 5.65. The molecule has 1 heterocycles. The van der Waals surface area contributed by atoms with Gasteiger partial charge in [-0.3, -0.25) is 9.59 Å². The van der Waals surface area contributed by atoms with Crippen molar-refractivity contribution in [2.75, 3.05) is 6.61 Å². The van der Waals surface area contributed by atoms with Crippen molar-refractivity contribution in [3.05, 3.63) is 27.3 Å². The lowest BCUT2D eigenvalue weighted by Gasteiger charge is -2.25. The molecule has 0 unspecified atom stereocenters. The summed E-state index contributed by atoms with van der Waals surface area (Å²) in [4.78, 5) is 23.4. The lowest BCUT2D eigenvalue weighted by atomic mass is 9.79. The quantitative estimate of drug-likeness (QED) is 0.746. The Kier molecular flexibility index (Phi) is 3.33. The van der Waals surface area contributed by atoms with Crippen LogP contribution in [0.15, 0.2) is 0 Å². The van der Waals surface area contributed by atoms with Crippen LogP contribution >= 0.6 is 11.6 Å². The van der Waals surface area contributed by atoms with E-state index in [9.17, 15) is 9.59 Å². The number of benzene rings is 1. The largest absolute Gasteiger partial charge is 0.491 e. The molecule has 0 radical (unpaired) electrons. The molecule has 1 aromatic carbocycles. The fourth-order valence-corrected chi connectivity index (χ4v) is 3.86. The fraction of sp³-hybridized carbons (Fsp3) is 0.500. The van der Waals surface area contributed by atoms with E-state index in [1.54, 1.807) is 0 Å². The Labute approximate surface area is 123 Å². The van der Waals surface area contributed by atoms with Crippen LogP contribution < -0.4 is 4.74 Å². The third-order valence-electron chi connectivity index (χ3n) is 4.48. The number of carbonyl (C=O) groups excluding carboxylic acids is 2. The van der Waals surface area contributed by atoms with E-state index in [-0.39, 0.29) is 23.9 Å². The zero-order valence-corrected chi connectivity index (χ0v) is 12.5. The maximum Gasteiger partial charge on any atom is 0.141 e. The standard InChI is InChI=1S/C16H17ClO3/c1-8-9(2)14(10-5-11(18)7-12(19)6-10)15(17)16-13(8)3-4-20-16/h10H,3-7H2,1-2H3. The molecule has 0 amide bonds. The Morgan fingerprint density at radius 1 is 1.10 bits per heavy atom. The Bertz CT molecular complexity index is 603. The number of hydrogen-bond donors (Lipinski definition) is 0. The molecule has 0 saturated heterocycles. The third kappa shape index (κ3) is 2.05. The maximum atomic E-state index is 11.7. The average molecular weight is 293 g/mol. The summed E-state index contributed by atoms with van der Waals surface area (Å²) in [5, 5.41) is 0.605. The predicted molar refractivity (Wildman–Crippen MR) is 76.7 cm³/mol. The molecule has 1 aromatic rings. The van der Waals surface area contributed by atoms with Crippen LogP contribution in [-0.4, -0.2) is 18.2 Å². The van der Waals surface area contributed by atoms with Crippen molar-refractivity contribution in [1.29, 1.82) is 0 Å². The number of ketones is 2. The Morgan fingerprint density at radius 2 is 1.75 bits per heavy atom. The second-order valence-electron chi connectivity index (χ2n) is 5.74. The van der Waals surface area contributed by atoms with Crippen LogP contribution in [0.1, 0.15) is 47.4 Å². The van der Waals surface area contributed by atoms with E-state index < -0.39 is 0 Å². The molecule has 106 valence electrons. The number of Topliss-reactive ketones (excluding diaryl/α,β-unsaturated/α-hetero) is 2. The zero-order valence-electron chi connectivity index (χ0n) is 11.7. The van der Waals surface area contributed by atoms with Gasteiger partial charge in [0.2, 0.25) is 0 Å². The van der Waals surface area contributed by atoms with Gasteiger partial charge in [0, 0.05) is 24.8 Å². The van der Waals surface area contributed by atoms with Gasteiger partial charge in [0.1, 0.15) is 17.3 Å². The highest BCUT2D eigenvalue weighted by Crippen LogP contribution is 2.45. The minimum absolute atomic E-state index is 0.0146. The van der Waals surface area contributed by atoms with Crippen LogP contribution in [-0.2, 0) is 16.0 Å². The van der Waals surface area contributed by atoms with Gasteiger partial charge in [-0.1, -0.05) is 11.6 Å². The molecule has 3 rings (SSSR count). The van der Waals surface area contributed by atoms with E-state index in [0.717, 1.165) is 23.3 Å². The van der Waals surface area contributed by atoms with Crippen molar-refractivity contribution >= 4 is 23.2 Å². The van der Waals surface area contributed by atoms with Crippen LogP contribution in [0, 0.1) is 13.8 Å². The molecule has 0 bridgehead atoms. The lowest BCUT2D eigenvalue weighted by Crippen LogP contribution is -2.22. The molecule has 2 aliphatic rings. The van der Waals surface area contributed by atoms with Crippen molar-refractivity contribution in [3.8, 4) is 5.75 Å². The summed E-state index contributed by atoms with van der Waals surface area (Å²) in [6.45, 7) is 4.75. The molecule has 0 atom stereocenters. The molecule has 20 heavy (non-hydrogen) atoms. The summed E-state index contributed by atoms with van der Waals surface area (Å²) in [6, 6.07) is 0. The first-order valence-corrected chi connectivity index (χ1v) is 7.34. The van der Waals surface area contributed by atoms with Crippen molar-refractivity contribution in [2.45, 2.75) is 45.4 Å². The number of fused-ring (bicyclic) bond motifs is 1. The molecule has 1 aliphatic heterocycles. The summed E-state index contributed by atoms with van der Waals surface area (Å²) in [6.07, 6.45) is 1.77. The molecular weight excluding hydrogens is 276 g/mol. The summed E-state index contributed by atoms with van der Waals surface area (Å²) in [7, 11) is 0. The van der Waals surface area contributed by atoms with E-state index in [4.69, 9.17) is 16.3 Å². The monoisotopic (exact) mass is 292 g/mol. The van der Waals surface area contributed by atoms with Crippen molar-refractivity contribution in [1.82, 2.24) is 0 Å². The maximum absolute atomic E-state index is 11.7. The highest BCUT2D eigenvalue weighted by molar-refractivity contribution is 6.33. The van der Waals surface area contributed by atoms with Crippen molar-refractivity contribution in [2.24, 2.45) is 0 Å². The highest BCUT2D eigenvalue weighted by Gasteiger charge is 2.32. The van der Waals surface area contributed by atoms with Gasteiger partial charge in [0.15, 0.2) is 0 Å². The van der Waals surface area contributed by atoms with E-state index in [1.807, 2.05) is 6.92 Å². The average Bonchev–Trinajstić information content (AvgIpc) is 2.85. The molecule has 1 fully saturated rings. The van der Waals surface area contributed by atoms with Gasteiger partial charge in [0.05, 0.1) is 18.1 Å². The van der Waals surface area contributed by atoms with Crippen LogP contribution in [0.5, 0.6) is 5.75 Å².